The molecule has 5 heteroatoms. The van der Waals surface area contributed by atoms with Gasteiger partial charge in [0.15, 0.2) is 0 Å². The zero-order valence-corrected chi connectivity index (χ0v) is 13.5. The Labute approximate surface area is 134 Å². The highest BCUT2D eigenvalue weighted by Crippen LogP contribution is 2.26. The Bertz CT molecular complexity index is 650. The number of aryl methyl sites for hydroxylation is 1. The second-order valence-corrected chi connectivity index (χ2v) is 6.53. The zero-order valence-electron chi connectivity index (χ0n) is 12.7. The number of hydrogen-bond donors (Lipinski definition) is 2. The summed E-state index contributed by atoms with van der Waals surface area (Å²) in [6, 6.07) is 8.30. The van der Waals surface area contributed by atoms with Crippen molar-refractivity contribution in [1.29, 1.82) is 0 Å². The zero-order chi connectivity index (χ0) is 15.9. The van der Waals surface area contributed by atoms with Crippen LogP contribution in [0.2, 0.25) is 0 Å². The number of hydrogen-bond acceptors (Lipinski definition) is 3. The van der Waals surface area contributed by atoms with Crippen LogP contribution in [0.4, 0.5) is 0 Å². The molecule has 2 rings (SSSR count). The molecule has 0 saturated heterocycles. The number of fused-ring (bicyclic) bond motifs is 1. The third-order valence-electron chi connectivity index (χ3n) is 3.58. The average molecular weight is 319 g/mol. The highest BCUT2D eigenvalue weighted by Gasteiger charge is 2.10. The Morgan fingerprint density at radius 2 is 2.09 bits per heavy atom. The Kier molecular flexibility index (Phi) is 5.95. The van der Waals surface area contributed by atoms with Gasteiger partial charge < -0.3 is 10.4 Å². The molecule has 0 aliphatic rings. The van der Waals surface area contributed by atoms with Crippen molar-refractivity contribution in [2.24, 2.45) is 5.92 Å². The summed E-state index contributed by atoms with van der Waals surface area (Å²) in [7, 11) is 0. The lowest BCUT2D eigenvalue weighted by molar-refractivity contribution is -0.138. The van der Waals surface area contributed by atoms with Gasteiger partial charge in [-0.15, -0.1) is 11.3 Å². The van der Waals surface area contributed by atoms with E-state index in [2.05, 4.69) is 22.8 Å². The Morgan fingerprint density at radius 1 is 1.32 bits per heavy atom. The first-order valence-corrected chi connectivity index (χ1v) is 8.38. The molecule has 22 heavy (non-hydrogen) atoms. The maximum absolute atomic E-state index is 11.8. The van der Waals surface area contributed by atoms with E-state index in [1.54, 1.807) is 11.3 Å². The van der Waals surface area contributed by atoms with E-state index in [1.807, 2.05) is 19.1 Å². The van der Waals surface area contributed by atoms with Crippen LogP contribution in [0, 0.1) is 5.92 Å². The fourth-order valence-corrected chi connectivity index (χ4v) is 3.41. The van der Waals surface area contributed by atoms with E-state index >= 15 is 0 Å². The predicted octanol–water partition coefficient (Wildman–Crippen LogP) is 3.45. The quantitative estimate of drug-likeness (QED) is 0.783. The summed E-state index contributed by atoms with van der Waals surface area (Å²) in [6.45, 7) is 2.25. The molecule has 0 aliphatic carbocycles. The van der Waals surface area contributed by atoms with Gasteiger partial charge in [0, 0.05) is 24.1 Å². The van der Waals surface area contributed by atoms with Crippen molar-refractivity contribution in [2.45, 2.75) is 32.6 Å². The molecule has 2 aromatic rings. The van der Waals surface area contributed by atoms with Crippen LogP contribution < -0.4 is 5.32 Å². The number of carboxylic acid groups (broad SMARTS) is 1. The monoisotopic (exact) mass is 319 g/mol. The molecule has 1 aromatic heterocycles. The van der Waals surface area contributed by atoms with Gasteiger partial charge in [0.25, 0.3) is 0 Å². The molecule has 1 atom stereocenters. The molecule has 0 bridgehead atoms. The number of carbonyl (C=O) groups excluding carboxylic acids is 1. The van der Waals surface area contributed by atoms with Crippen molar-refractivity contribution >= 4 is 33.3 Å². The Hall–Kier alpha value is -1.88. The first kappa shape index (κ1) is 16.5. The van der Waals surface area contributed by atoms with Crippen LogP contribution in [0.5, 0.6) is 0 Å². The third-order valence-corrected chi connectivity index (χ3v) is 4.59. The number of aliphatic carboxylic acids is 1. The topological polar surface area (TPSA) is 66.4 Å². The lowest BCUT2D eigenvalue weighted by atomic mass is 10.1. The molecular weight excluding hydrogens is 298 g/mol. The van der Waals surface area contributed by atoms with E-state index < -0.39 is 5.97 Å². The lowest BCUT2D eigenvalue weighted by Crippen LogP contribution is -2.29. The fourth-order valence-electron chi connectivity index (χ4n) is 2.41. The van der Waals surface area contributed by atoms with Gasteiger partial charge in [-0.3, -0.25) is 9.59 Å². The van der Waals surface area contributed by atoms with Crippen molar-refractivity contribution in [3.05, 3.63) is 35.2 Å². The Balaban J connectivity index is 1.72. The van der Waals surface area contributed by atoms with E-state index in [0.717, 1.165) is 12.8 Å². The summed E-state index contributed by atoms with van der Waals surface area (Å²) >= 11 is 1.74. The van der Waals surface area contributed by atoms with E-state index in [-0.39, 0.29) is 18.2 Å². The van der Waals surface area contributed by atoms with Crippen molar-refractivity contribution in [2.75, 3.05) is 6.54 Å². The van der Waals surface area contributed by atoms with E-state index in [9.17, 15) is 9.59 Å². The van der Waals surface area contributed by atoms with Crippen LogP contribution in [0.15, 0.2) is 29.6 Å². The molecule has 1 unspecified atom stereocenters. The largest absolute Gasteiger partial charge is 0.481 e. The highest BCUT2D eigenvalue weighted by atomic mass is 32.1. The molecule has 1 heterocycles. The van der Waals surface area contributed by atoms with Crippen LogP contribution in [-0.2, 0) is 16.0 Å². The number of amides is 1. The number of carboxylic acids is 1. The normalized spacial score (nSPS) is 12.2. The van der Waals surface area contributed by atoms with Crippen LogP contribution in [0.3, 0.4) is 0 Å². The number of carbonyl (C=O) groups is 2. The average Bonchev–Trinajstić information content (AvgIpc) is 2.88. The molecule has 2 N–H and O–H groups in total. The number of nitrogens with one attached hydrogen (secondary N) is 1. The summed E-state index contributed by atoms with van der Waals surface area (Å²) in [5, 5.41) is 14.9. The summed E-state index contributed by atoms with van der Waals surface area (Å²) in [5.74, 6) is -0.870. The number of rotatable bonds is 8. The van der Waals surface area contributed by atoms with Gasteiger partial charge >= 0.3 is 5.97 Å². The van der Waals surface area contributed by atoms with Gasteiger partial charge in [-0.05, 0) is 41.2 Å². The highest BCUT2D eigenvalue weighted by molar-refractivity contribution is 7.17. The van der Waals surface area contributed by atoms with Crippen LogP contribution in [0.1, 0.15) is 31.7 Å². The fraction of sp³-hybridized carbons (Fsp3) is 0.412. The van der Waals surface area contributed by atoms with Gasteiger partial charge in [-0.1, -0.05) is 25.1 Å². The van der Waals surface area contributed by atoms with E-state index in [1.165, 1.54) is 15.6 Å². The molecule has 0 fully saturated rings. The van der Waals surface area contributed by atoms with Crippen LogP contribution in [0.25, 0.3) is 10.1 Å². The van der Waals surface area contributed by atoms with Crippen molar-refractivity contribution in [1.82, 2.24) is 5.32 Å². The van der Waals surface area contributed by atoms with Crippen molar-refractivity contribution in [3.8, 4) is 0 Å². The van der Waals surface area contributed by atoms with E-state index in [4.69, 9.17) is 5.11 Å². The smallest absolute Gasteiger partial charge is 0.303 e. The first-order valence-electron chi connectivity index (χ1n) is 7.50. The minimum absolute atomic E-state index is 0.00299. The molecule has 0 saturated carbocycles. The molecular formula is C17H21NO3S. The van der Waals surface area contributed by atoms with Gasteiger partial charge in [0.1, 0.15) is 0 Å². The molecule has 0 spiro atoms. The maximum Gasteiger partial charge on any atom is 0.303 e. The van der Waals surface area contributed by atoms with Gasteiger partial charge in [0.05, 0.1) is 0 Å². The predicted molar refractivity (Wildman–Crippen MR) is 89.2 cm³/mol. The second-order valence-electron chi connectivity index (χ2n) is 5.62. The number of benzene rings is 1. The molecule has 0 radical (unpaired) electrons. The van der Waals surface area contributed by atoms with Gasteiger partial charge in [-0.2, -0.15) is 0 Å². The molecule has 118 valence electrons. The molecule has 1 amide bonds. The summed E-state index contributed by atoms with van der Waals surface area (Å²) < 4.78 is 1.28. The van der Waals surface area contributed by atoms with Crippen molar-refractivity contribution in [3.63, 3.8) is 0 Å². The van der Waals surface area contributed by atoms with Crippen LogP contribution >= 0.6 is 11.3 Å². The molecule has 1 aromatic carbocycles. The SMILES string of the molecule is CC(CNC(=O)CCCc1csc2ccccc12)CC(=O)O. The summed E-state index contributed by atoms with van der Waals surface area (Å²) in [6.07, 6.45) is 2.26. The molecule has 4 nitrogen and oxygen atoms in total. The first-order chi connectivity index (χ1) is 10.6. The number of thiophene rings is 1. The maximum atomic E-state index is 11.8. The third kappa shape index (κ3) is 4.84. The summed E-state index contributed by atoms with van der Waals surface area (Å²) in [4.78, 5) is 22.3. The minimum atomic E-state index is -0.828. The van der Waals surface area contributed by atoms with Gasteiger partial charge in [-0.25, -0.2) is 0 Å². The van der Waals surface area contributed by atoms with E-state index in [0.29, 0.717) is 13.0 Å². The van der Waals surface area contributed by atoms with Crippen molar-refractivity contribution < 1.29 is 14.7 Å². The standard InChI is InChI=1S/C17H21NO3S/c1-12(9-17(20)21)10-18-16(19)8-4-5-13-11-22-15-7-3-2-6-14(13)15/h2-3,6-7,11-12H,4-5,8-10H2,1H3,(H,18,19)(H,20,21). The molecule has 0 aliphatic heterocycles. The van der Waals surface area contributed by atoms with Crippen LogP contribution in [-0.4, -0.2) is 23.5 Å². The second kappa shape index (κ2) is 7.94. The minimum Gasteiger partial charge on any atom is -0.481 e. The Morgan fingerprint density at radius 3 is 2.86 bits per heavy atom. The summed E-state index contributed by atoms with van der Waals surface area (Å²) in [5.41, 5.74) is 1.30. The lowest BCUT2D eigenvalue weighted by Gasteiger charge is -2.10. The van der Waals surface area contributed by atoms with Gasteiger partial charge in [0.2, 0.25) is 5.91 Å².